The lowest BCUT2D eigenvalue weighted by Gasteiger charge is -2.13. The number of aliphatic hydroxyl groups is 1. The number of nitrogens with zero attached hydrogens (tertiary/aromatic N) is 1. The van der Waals surface area contributed by atoms with Crippen molar-refractivity contribution in [3.8, 4) is 22.8 Å². The molecule has 2 heterocycles. The Morgan fingerprint density at radius 3 is 2.75 bits per heavy atom. The fraction of sp³-hybridized carbons (Fsp3) is 0.364. The first-order chi connectivity index (χ1) is 14.8. The number of pyridine rings is 1. The number of carboxylic acid groups (broad SMARTS) is 1. The second kappa shape index (κ2) is 9.23. The van der Waals surface area contributed by atoms with E-state index in [1.807, 2.05) is 20.0 Å². The van der Waals surface area contributed by atoms with Gasteiger partial charge in [-0.3, -0.25) is 4.79 Å². The molecule has 172 valence electrons. The molecule has 0 spiro atoms. The maximum Gasteiger partial charge on any atom is 0.511 e. The molecule has 0 saturated heterocycles. The molecule has 0 bridgehead atoms. The summed E-state index contributed by atoms with van der Waals surface area (Å²) in [5.41, 5.74) is 4.13. The van der Waals surface area contributed by atoms with Crippen LogP contribution in [0, 0.1) is 0 Å². The van der Waals surface area contributed by atoms with E-state index in [9.17, 15) is 19.8 Å². The molecule has 1 atom stereocenters. The molecule has 0 radical (unpaired) electrons. The SMILES string of the molecule is CC(CO)NCc1cc2cc3c(cc2n1C)CCCc1c-3[nH]c(=O)c(OC(=O)O)c1O.Cl. The van der Waals surface area contributed by atoms with Gasteiger partial charge in [-0.25, -0.2) is 4.79 Å². The number of aromatic nitrogens is 2. The number of rotatable bonds is 5. The van der Waals surface area contributed by atoms with Crippen molar-refractivity contribution in [3.63, 3.8) is 0 Å². The predicted octanol–water partition coefficient (Wildman–Crippen LogP) is 2.68. The van der Waals surface area contributed by atoms with E-state index < -0.39 is 23.2 Å². The summed E-state index contributed by atoms with van der Waals surface area (Å²) in [7, 11) is 1.99. The first-order valence-electron chi connectivity index (χ1n) is 10.1. The molecular formula is C22H26ClN3O6. The van der Waals surface area contributed by atoms with Crippen molar-refractivity contribution in [3.05, 3.63) is 45.4 Å². The third-order valence-electron chi connectivity index (χ3n) is 5.85. The van der Waals surface area contributed by atoms with E-state index in [0.29, 0.717) is 24.2 Å². The van der Waals surface area contributed by atoms with Crippen molar-refractivity contribution < 1.29 is 24.9 Å². The normalized spacial score (nSPS) is 13.6. The Labute approximate surface area is 190 Å². The Bertz CT molecular complexity index is 1230. The summed E-state index contributed by atoms with van der Waals surface area (Å²) in [6.07, 6.45) is 0.298. The minimum atomic E-state index is -1.66. The number of aromatic hydroxyl groups is 1. The zero-order chi connectivity index (χ0) is 22.3. The summed E-state index contributed by atoms with van der Waals surface area (Å²) in [5, 5.41) is 32.9. The fourth-order valence-corrected chi connectivity index (χ4v) is 4.16. The Hall–Kier alpha value is -3.01. The first kappa shape index (κ1) is 23.6. The number of ether oxygens (including phenoxy) is 1. The molecule has 0 aliphatic heterocycles. The van der Waals surface area contributed by atoms with Crippen LogP contribution >= 0.6 is 12.4 Å². The van der Waals surface area contributed by atoms with E-state index in [-0.39, 0.29) is 25.1 Å². The zero-order valence-corrected chi connectivity index (χ0v) is 18.6. The van der Waals surface area contributed by atoms with Gasteiger partial charge in [0.25, 0.3) is 5.56 Å². The van der Waals surface area contributed by atoms with E-state index in [1.54, 1.807) is 0 Å². The molecule has 0 fully saturated rings. The molecule has 1 aromatic carbocycles. The third-order valence-corrected chi connectivity index (χ3v) is 5.85. The van der Waals surface area contributed by atoms with E-state index in [0.717, 1.165) is 40.6 Å². The summed E-state index contributed by atoms with van der Waals surface area (Å²) < 4.78 is 6.61. The Balaban J connectivity index is 0.00000289. The minimum Gasteiger partial charge on any atom is -0.504 e. The number of H-pyrrole nitrogens is 1. The van der Waals surface area contributed by atoms with Crippen LogP contribution in [0.4, 0.5) is 4.79 Å². The Morgan fingerprint density at radius 1 is 1.31 bits per heavy atom. The molecule has 0 amide bonds. The van der Waals surface area contributed by atoms with Gasteiger partial charge in [-0.15, -0.1) is 12.4 Å². The van der Waals surface area contributed by atoms with Crippen LogP contribution in [-0.2, 0) is 26.4 Å². The molecule has 1 unspecified atom stereocenters. The molecule has 32 heavy (non-hydrogen) atoms. The van der Waals surface area contributed by atoms with Crippen LogP contribution in [0.5, 0.6) is 11.5 Å². The van der Waals surface area contributed by atoms with E-state index >= 15 is 0 Å². The van der Waals surface area contributed by atoms with Crippen molar-refractivity contribution in [2.24, 2.45) is 7.05 Å². The highest BCUT2D eigenvalue weighted by molar-refractivity contribution is 5.89. The van der Waals surface area contributed by atoms with Gasteiger partial charge >= 0.3 is 6.16 Å². The Morgan fingerprint density at radius 2 is 2.06 bits per heavy atom. The zero-order valence-electron chi connectivity index (χ0n) is 17.8. The summed E-state index contributed by atoms with van der Waals surface area (Å²) >= 11 is 0. The topological polar surface area (TPSA) is 137 Å². The van der Waals surface area contributed by atoms with Crippen molar-refractivity contribution in [1.29, 1.82) is 0 Å². The summed E-state index contributed by atoms with van der Waals surface area (Å²) in [5.74, 6) is -1.02. The van der Waals surface area contributed by atoms with E-state index in [1.165, 1.54) is 0 Å². The summed E-state index contributed by atoms with van der Waals surface area (Å²) in [6.45, 7) is 2.56. The number of hydrogen-bond donors (Lipinski definition) is 5. The monoisotopic (exact) mass is 463 g/mol. The highest BCUT2D eigenvalue weighted by atomic mass is 35.5. The lowest BCUT2D eigenvalue weighted by molar-refractivity contribution is 0.142. The molecule has 3 aromatic rings. The van der Waals surface area contributed by atoms with Crippen molar-refractivity contribution in [2.75, 3.05) is 6.61 Å². The molecule has 5 N–H and O–H groups in total. The molecule has 2 aromatic heterocycles. The number of carbonyl (C=O) groups is 1. The Kier molecular flexibility index (Phi) is 6.82. The molecule has 1 aliphatic rings. The number of aromatic amines is 1. The maximum absolute atomic E-state index is 12.4. The lowest BCUT2D eigenvalue weighted by atomic mass is 9.99. The fourth-order valence-electron chi connectivity index (χ4n) is 4.16. The van der Waals surface area contributed by atoms with Gasteiger partial charge in [0.15, 0.2) is 5.75 Å². The first-order valence-corrected chi connectivity index (χ1v) is 10.1. The predicted molar refractivity (Wildman–Crippen MR) is 122 cm³/mol. The summed E-state index contributed by atoms with van der Waals surface area (Å²) in [4.78, 5) is 26.0. The molecular weight excluding hydrogens is 438 g/mol. The average molecular weight is 464 g/mol. The van der Waals surface area contributed by atoms with Gasteiger partial charge in [0.1, 0.15) is 0 Å². The van der Waals surface area contributed by atoms with Crippen LogP contribution in [0.25, 0.3) is 22.2 Å². The van der Waals surface area contributed by atoms with Crippen LogP contribution in [0.1, 0.15) is 30.2 Å². The van der Waals surface area contributed by atoms with Gasteiger partial charge in [0.05, 0.1) is 12.3 Å². The number of fused-ring (bicyclic) bond motifs is 4. The van der Waals surface area contributed by atoms with Crippen molar-refractivity contribution in [1.82, 2.24) is 14.9 Å². The third kappa shape index (κ3) is 4.19. The summed E-state index contributed by atoms with van der Waals surface area (Å²) in [6, 6.07) is 6.12. The van der Waals surface area contributed by atoms with Crippen molar-refractivity contribution in [2.45, 2.75) is 38.8 Å². The van der Waals surface area contributed by atoms with Crippen LogP contribution in [0.3, 0.4) is 0 Å². The lowest BCUT2D eigenvalue weighted by Crippen LogP contribution is -2.29. The molecule has 4 rings (SSSR count). The number of aliphatic hydroxyl groups excluding tert-OH is 1. The average Bonchev–Trinajstić information content (AvgIpc) is 2.92. The van der Waals surface area contributed by atoms with Gasteiger partial charge in [0, 0.05) is 47.4 Å². The highest BCUT2D eigenvalue weighted by Crippen LogP contribution is 2.40. The van der Waals surface area contributed by atoms with Gasteiger partial charge in [-0.2, -0.15) is 0 Å². The molecule has 1 aliphatic carbocycles. The second-order valence-electron chi connectivity index (χ2n) is 7.93. The van der Waals surface area contributed by atoms with Crippen LogP contribution in [0.15, 0.2) is 23.0 Å². The van der Waals surface area contributed by atoms with Crippen LogP contribution in [-0.4, -0.2) is 43.7 Å². The smallest absolute Gasteiger partial charge is 0.504 e. The number of hydrogen-bond acceptors (Lipinski definition) is 6. The second-order valence-corrected chi connectivity index (χ2v) is 7.93. The van der Waals surface area contributed by atoms with Gasteiger partial charge in [-0.05, 0) is 49.9 Å². The quantitative estimate of drug-likeness (QED) is 0.367. The molecule has 9 nitrogen and oxygen atoms in total. The minimum absolute atomic E-state index is 0. The van der Waals surface area contributed by atoms with Crippen molar-refractivity contribution >= 4 is 29.5 Å². The highest BCUT2D eigenvalue weighted by Gasteiger charge is 2.25. The maximum atomic E-state index is 12.4. The number of benzene rings is 1. The van der Waals surface area contributed by atoms with Crippen LogP contribution in [0.2, 0.25) is 0 Å². The van der Waals surface area contributed by atoms with Crippen LogP contribution < -0.4 is 15.6 Å². The molecule has 0 saturated carbocycles. The van der Waals surface area contributed by atoms with E-state index in [2.05, 4.69) is 31.7 Å². The standard InChI is InChI=1S/C22H25N3O6.ClH/c1-11(10-26)23-9-14-6-13-7-16-12(8-17(13)25(14)2)4-3-5-15-18(16)24-21(28)20(19(15)27)31-22(29)30;/h6-8,11,23,26H,3-5,9-10H2,1-2H3,(H,29,30)(H2,24,27,28);1H. The van der Waals surface area contributed by atoms with Gasteiger partial charge in [-0.1, -0.05) is 0 Å². The van der Waals surface area contributed by atoms with Gasteiger partial charge < -0.3 is 34.9 Å². The van der Waals surface area contributed by atoms with Gasteiger partial charge in [0.2, 0.25) is 5.75 Å². The number of nitrogens with one attached hydrogen (secondary N) is 2. The number of aryl methyl sites for hydroxylation is 2. The van der Waals surface area contributed by atoms with E-state index in [4.69, 9.17) is 5.11 Å². The largest absolute Gasteiger partial charge is 0.511 e. The molecule has 10 heteroatoms. The number of halogens is 1.